The van der Waals surface area contributed by atoms with Gasteiger partial charge >= 0.3 is 0 Å². The van der Waals surface area contributed by atoms with Crippen molar-refractivity contribution in [3.63, 3.8) is 0 Å². The Morgan fingerprint density at radius 2 is 2.00 bits per heavy atom. The third-order valence-electron chi connectivity index (χ3n) is 2.29. The minimum absolute atomic E-state index is 0.113. The highest BCUT2D eigenvalue weighted by atomic mass is 16.3. The fourth-order valence-electron chi connectivity index (χ4n) is 1.62. The summed E-state index contributed by atoms with van der Waals surface area (Å²) in [6.45, 7) is 5.61. The van der Waals surface area contributed by atoms with Crippen LogP contribution >= 0.6 is 0 Å². The molecule has 1 aliphatic heterocycles. The third kappa shape index (κ3) is 3.73. The second-order valence-corrected chi connectivity index (χ2v) is 3.54. The van der Waals surface area contributed by atoms with Crippen LogP contribution in [0.25, 0.3) is 0 Å². The molecular weight excluding hydrogens is 138 g/mol. The van der Waals surface area contributed by atoms with Gasteiger partial charge in [0.05, 0.1) is 6.10 Å². The molecule has 66 valence electrons. The lowest BCUT2D eigenvalue weighted by Gasteiger charge is -2.14. The van der Waals surface area contributed by atoms with Crippen LogP contribution in [0.3, 0.4) is 0 Å². The smallest absolute Gasteiger partial charge is 0.0512 e. The van der Waals surface area contributed by atoms with Crippen LogP contribution in [-0.4, -0.2) is 35.7 Å². The van der Waals surface area contributed by atoms with Gasteiger partial charge in [-0.25, -0.2) is 0 Å². The Morgan fingerprint density at radius 1 is 1.36 bits per heavy atom. The van der Waals surface area contributed by atoms with E-state index >= 15 is 0 Å². The molecule has 0 amide bonds. The first-order valence-corrected chi connectivity index (χ1v) is 4.69. The predicted molar refractivity (Wildman–Crippen MR) is 46.6 cm³/mol. The molecule has 0 aromatic heterocycles. The highest BCUT2D eigenvalue weighted by Crippen LogP contribution is 2.08. The van der Waals surface area contributed by atoms with Gasteiger partial charge in [-0.05, 0) is 52.2 Å². The Bertz CT molecular complexity index is 97.7. The van der Waals surface area contributed by atoms with Crippen molar-refractivity contribution < 1.29 is 5.11 Å². The Balaban J connectivity index is 1.94. The van der Waals surface area contributed by atoms with E-state index in [9.17, 15) is 0 Å². The summed E-state index contributed by atoms with van der Waals surface area (Å²) in [5, 5.41) is 9.01. The van der Waals surface area contributed by atoms with Gasteiger partial charge in [0.25, 0.3) is 0 Å². The quantitative estimate of drug-likeness (QED) is 0.663. The van der Waals surface area contributed by atoms with E-state index in [1.54, 1.807) is 0 Å². The van der Waals surface area contributed by atoms with E-state index < -0.39 is 0 Å². The van der Waals surface area contributed by atoms with Gasteiger partial charge in [0.2, 0.25) is 0 Å². The van der Waals surface area contributed by atoms with Gasteiger partial charge in [-0.1, -0.05) is 0 Å². The molecule has 0 saturated carbocycles. The van der Waals surface area contributed by atoms with Gasteiger partial charge in [-0.3, -0.25) is 0 Å². The largest absolute Gasteiger partial charge is 0.393 e. The van der Waals surface area contributed by atoms with Crippen molar-refractivity contribution >= 4 is 0 Å². The molecule has 1 saturated heterocycles. The molecule has 1 aliphatic rings. The lowest BCUT2D eigenvalue weighted by Crippen LogP contribution is -2.21. The van der Waals surface area contributed by atoms with Gasteiger partial charge in [-0.2, -0.15) is 0 Å². The lowest BCUT2D eigenvalue weighted by molar-refractivity contribution is 0.174. The zero-order valence-electron chi connectivity index (χ0n) is 7.42. The Morgan fingerprint density at radius 3 is 2.55 bits per heavy atom. The van der Waals surface area contributed by atoms with Gasteiger partial charge in [-0.15, -0.1) is 0 Å². The van der Waals surface area contributed by atoms with Crippen LogP contribution in [0, 0.1) is 0 Å². The van der Waals surface area contributed by atoms with E-state index in [1.165, 1.54) is 32.5 Å². The Kier molecular flexibility index (Phi) is 3.87. The summed E-state index contributed by atoms with van der Waals surface area (Å²) in [5.74, 6) is 0. The van der Waals surface area contributed by atoms with Gasteiger partial charge in [0.15, 0.2) is 0 Å². The molecule has 1 N–H and O–H groups in total. The molecule has 0 radical (unpaired) electrons. The maximum Gasteiger partial charge on any atom is 0.0512 e. The third-order valence-corrected chi connectivity index (χ3v) is 2.29. The summed E-state index contributed by atoms with van der Waals surface area (Å²) < 4.78 is 0. The average Bonchev–Trinajstić information content (AvgIpc) is 2.39. The highest BCUT2D eigenvalue weighted by molar-refractivity contribution is 4.65. The van der Waals surface area contributed by atoms with Crippen molar-refractivity contribution in [1.29, 1.82) is 0 Å². The normalized spacial score (nSPS) is 22.4. The fraction of sp³-hybridized carbons (Fsp3) is 1.00. The summed E-state index contributed by atoms with van der Waals surface area (Å²) in [6.07, 6.45) is 4.73. The summed E-state index contributed by atoms with van der Waals surface area (Å²) in [5.41, 5.74) is 0. The van der Waals surface area contributed by atoms with Crippen LogP contribution in [0.4, 0.5) is 0 Å². The van der Waals surface area contributed by atoms with Crippen molar-refractivity contribution in [2.75, 3.05) is 19.6 Å². The zero-order valence-corrected chi connectivity index (χ0v) is 7.42. The molecule has 1 unspecified atom stereocenters. The van der Waals surface area contributed by atoms with Crippen molar-refractivity contribution in [3.05, 3.63) is 0 Å². The molecule has 0 aliphatic carbocycles. The van der Waals surface area contributed by atoms with Gasteiger partial charge in [0.1, 0.15) is 0 Å². The van der Waals surface area contributed by atoms with Crippen molar-refractivity contribution in [1.82, 2.24) is 4.90 Å². The zero-order chi connectivity index (χ0) is 8.10. The number of rotatable bonds is 4. The molecule has 1 heterocycles. The standard InChI is InChI=1S/C9H19NO/c1-9(11)5-4-8-10-6-2-3-7-10/h9,11H,2-8H2,1H3. The topological polar surface area (TPSA) is 23.5 Å². The minimum Gasteiger partial charge on any atom is -0.393 e. The maximum absolute atomic E-state index is 9.01. The minimum atomic E-state index is -0.113. The van der Waals surface area contributed by atoms with Crippen LogP contribution in [0.5, 0.6) is 0 Å². The molecule has 1 atom stereocenters. The summed E-state index contributed by atoms with van der Waals surface area (Å²) in [4.78, 5) is 2.49. The molecule has 1 fully saturated rings. The number of hydrogen-bond acceptors (Lipinski definition) is 2. The molecular formula is C9H19NO. The monoisotopic (exact) mass is 157 g/mol. The average molecular weight is 157 g/mol. The van der Waals surface area contributed by atoms with Crippen molar-refractivity contribution in [2.24, 2.45) is 0 Å². The number of hydrogen-bond donors (Lipinski definition) is 1. The first kappa shape index (κ1) is 9.01. The highest BCUT2D eigenvalue weighted by Gasteiger charge is 2.10. The van der Waals surface area contributed by atoms with Crippen LogP contribution in [0.1, 0.15) is 32.6 Å². The van der Waals surface area contributed by atoms with E-state index in [1.807, 2.05) is 6.92 Å². The van der Waals surface area contributed by atoms with Crippen LogP contribution < -0.4 is 0 Å². The van der Waals surface area contributed by atoms with E-state index in [0.717, 1.165) is 12.8 Å². The first-order valence-electron chi connectivity index (χ1n) is 4.69. The van der Waals surface area contributed by atoms with Crippen LogP contribution in [-0.2, 0) is 0 Å². The number of aliphatic hydroxyl groups is 1. The van der Waals surface area contributed by atoms with E-state index in [0.29, 0.717) is 0 Å². The molecule has 2 heteroatoms. The van der Waals surface area contributed by atoms with Gasteiger partial charge in [0, 0.05) is 0 Å². The maximum atomic E-state index is 9.01. The second-order valence-electron chi connectivity index (χ2n) is 3.54. The SMILES string of the molecule is CC(O)CCCN1CCCC1. The first-order chi connectivity index (χ1) is 5.29. The molecule has 0 aromatic carbocycles. The molecule has 11 heavy (non-hydrogen) atoms. The number of likely N-dealkylation sites (tertiary alicyclic amines) is 1. The van der Waals surface area contributed by atoms with Crippen LogP contribution in [0.2, 0.25) is 0 Å². The summed E-state index contributed by atoms with van der Waals surface area (Å²) in [6, 6.07) is 0. The molecule has 0 bridgehead atoms. The lowest BCUT2D eigenvalue weighted by atomic mass is 10.2. The predicted octanol–water partition coefficient (Wildman–Crippen LogP) is 1.24. The Hall–Kier alpha value is -0.0800. The second kappa shape index (κ2) is 4.73. The van der Waals surface area contributed by atoms with Gasteiger partial charge < -0.3 is 10.0 Å². The Labute approximate surface area is 69.2 Å². The summed E-state index contributed by atoms with van der Waals surface area (Å²) in [7, 11) is 0. The summed E-state index contributed by atoms with van der Waals surface area (Å²) >= 11 is 0. The van der Waals surface area contributed by atoms with E-state index in [-0.39, 0.29) is 6.10 Å². The molecule has 2 nitrogen and oxygen atoms in total. The molecule has 0 aromatic rings. The van der Waals surface area contributed by atoms with Crippen LogP contribution in [0.15, 0.2) is 0 Å². The van der Waals surface area contributed by atoms with E-state index in [2.05, 4.69) is 4.90 Å². The fourth-order valence-corrected chi connectivity index (χ4v) is 1.62. The number of nitrogens with zero attached hydrogens (tertiary/aromatic N) is 1. The molecule has 1 rings (SSSR count). The van der Waals surface area contributed by atoms with E-state index in [4.69, 9.17) is 5.11 Å². The van der Waals surface area contributed by atoms with Crippen molar-refractivity contribution in [2.45, 2.75) is 38.7 Å². The molecule has 0 spiro atoms. The van der Waals surface area contributed by atoms with Crippen molar-refractivity contribution in [3.8, 4) is 0 Å². The number of aliphatic hydroxyl groups excluding tert-OH is 1.